The van der Waals surface area contributed by atoms with E-state index in [2.05, 4.69) is 39.8 Å². The standard InChI is InChI=1S/C12H15N5/c13-6-3-7-17-12(14-15-16-17)11-8-9-4-1-2-5-10(9)11/h1-2,4-5,11H,3,6-8,13H2. The highest BCUT2D eigenvalue weighted by atomic mass is 15.5. The highest BCUT2D eigenvalue weighted by Gasteiger charge is 2.31. The molecule has 5 heteroatoms. The second-order valence-electron chi connectivity index (χ2n) is 4.36. The minimum Gasteiger partial charge on any atom is -0.330 e. The molecule has 88 valence electrons. The van der Waals surface area contributed by atoms with Crippen LogP contribution >= 0.6 is 0 Å². The van der Waals surface area contributed by atoms with Crippen molar-refractivity contribution in [3.63, 3.8) is 0 Å². The van der Waals surface area contributed by atoms with Crippen LogP contribution in [0, 0.1) is 0 Å². The van der Waals surface area contributed by atoms with E-state index in [4.69, 9.17) is 5.73 Å². The van der Waals surface area contributed by atoms with E-state index in [0.717, 1.165) is 25.2 Å². The fraction of sp³-hybridized carbons (Fsp3) is 0.417. The summed E-state index contributed by atoms with van der Waals surface area (Å²) in [5, 5.41) is 12.0. The highest BCUT2D eigenvalue weighted by Crippen LogP contribution is 2.38. The van der Waals surface area contributed by atoms with Crippen LogP contribution in [0.4, 0.5) is 0 Å². The molecule has 1 unspecified atom stereocenters. The summed E-state index contributed by atoms with van der Waals surface area (Å²) in [7, 11) is 0. The number of aryl methyl sites for hydroxylation is 1. The summed E-state index contributed by atoms with van der Waals surface area (Å²) in [6, 6.07) is 8.47. The van der Waals surface area contributed by atoms with Gasteiger partial charge in [-0.1, -0.05) is 24.3 Å². The van der Waals surface area contributed by atoms with Crippen LogP contribution < -0.4 is 5.73 Å². The molecular formula is C12H15N5. The molecule has 2 N–H and O–H groups in total. The maximum Gasteiger partial charge on any atom is 0.159 e. The number of benzene rings is 1. The zero-order chi connectivity index (χ0) is 11.7. The van der Waals surface area contributed by atoms with Gasteiger partial charge in [0, 0.05) is 6.54 Å². The Kier molecular flexibility index (Phi) is 2.60. The first-order valence-electron chi connectivity index (χ1n) is 5.94. The van der Waals surface area contributed by atoms with Crippen LogP contribution in [0.3, 0.4) is 0 Å². The summed E-state index contributed by atoms with van der Waals surface area (Å²) in [5.41, 5.74) is 8.28. The summed E-state index contributed by atoms with van der Waals surface area (Å²) >= 11 is 0. The van der Waals surface area contributed by atoms with Crippen molar-refractivity contribution < 1.29 is 0 Å². The van der Waals surface area contributed by atoms with Gasteiger partial charge >= 0.3 is 0 Å². The Morgan fingerprint density at radius 2 is 2.24 bits per heavy atom. The highest BCUT2D eigenvalue weighted by molar-refractivity contribution is 5.43. The average molecular weight is 229 g/mol. The Morgan fingerprint density at radius 3 is 3.06 bits per heavy atom. The van der Waals surface area contributed by atoms with Crippen molar-refractivity contribution in [1.29, 1.82) is 0 Å². The van der Waals surface area contributed by atoms with Crippen LogP contribution in [0.2, 0.25) is 0 Å². The van der Waals surface area contributed by atoms with Crippen LogP contribution in [0.15, 0.2) is 24.3 Å². The number of rotatable bonds is 4. The van der Waals surface area contributed by atoms with E-state index in [0.29, 0.717) is 12.5 Å². The van der Waals surface area contributed by atoms with Gasteiger partial charge in [-0.25, -0.2) is 4.68 Å². The Labute approximate surface area is 99.6 Å². The SMILES string of the molecule is NCCCn1nnnc1C1Cc2ccccc21. The minimum atomic E-state index is 0.360. The number of tetrazole rings is 1. The molecule has 1 aliphatic carbocycles. The van der Waals surface area contributed by atoms with Crippen LogP contribution in [-0.4, -0.2) is 26.8 Å². The van der Waals surface area contributed by atoms with Gasteiger partial charge in [-0.2, -0.15) is 0 Å². The van der Waals surface area contributed by atoms with Gasteiger partial charge < -0.3 is 5.73 Å². The molecule has 1 heterocycles. The lowest BCUT2D eigenvalue weighted by molar-refractivity contribution is 0.514. The number of nitrogens with two attached hydrogens (primary N) is 1. The van der Waals surface area contributed by atoms with Gasteiger partial charge in [0.15, 0.2) is 5.82 Å². The van der Waals surface area contributed by atoms with Crippen molar-refractivity contribution in [1.82, 2.24) is 20.2 Å². The molecule has 1 aliphatic rings. The molecule has 2 aromatic rings. The lowest BCUT2D eigenvalue weighted by Crippen LogP contribution is -2.23. The number of nitrogens with zero attached hydrogens (tertiary/aromatic N) is 4. The van der Waals surface area contributed by atoms with Crippen molar-refractivity contribution in [3.05, 3.63) is 41.2 Å². The third-order valence-electron chi connectivity index (χ3n) is 3.30. The number of fused-ring (bicyclic) bond motifs is 1. The topological polar surface area (TPSA) is 69.6 Å². The fourth-order valence-corrected chi connectivity index (χ4v) is 2.35. The zero-order valence-corrected chi connectivity index (χ0v) is 9.58. The molecule has 1 atom stereocenters. The summed E-state index contributed by atoms with van der Waals surface area (Å²) in [4.78, 5) is 0. The van der Waals surface area contributed by atoms with Crippen molar-refractivity contribution >= 4 is 0 Å². The molecule has 0 amide bonds. The first-order chi connectivity index (χ1) is 8.40. The second kappa shape index (κ2) is 4.25. The number of hydrogen-bond acceptors (Lipinski definition) is 4. The van der Waals surface area contributed by atoms with E-state index in [1.54, 1.807) is 0 Å². The van der Waals surface area contributed by atoms with Crippen LogP contribution in [0.1, 0.15) is 29.3 Å². The first-order valence-corrected chi connectivity index (χ1v) is 5.94. The van der Waals surface area contributed by atoms with Gasteiger partial charge in [-0.05, 0) is 40.9 Å². The third kappa shape index (κ3) is 1.72. The molecule has 5 nitrogen and oxygen atoms in total. The summed E-state index contributed by atoms with van der Waals surface area (Å²) in [6.45, 7) is 1.47. The average Bonchev–Trinajstić information content (AvgIpc) is 2.76. The Bertz CT molecular complexity index is 519. The monoisotopic (exact) mass is 229 g/mol. The van der Waals surface area contributed by atoms with Crippen LogP contribution in [-0.2, 0) is 13.0 Å². The molecule has 0 radical (unpaired) electrons. The molecule has 0 aliphatic heterocycles. The lowest BCUT2D eigenvalue weighted by Gasteiger charge is -2.28. The fourth-order valence-electron chi connectivity index (χ4n) is 2.35. The molecule has 0 spiro atoms. The van der Waals surface area contributed by atoms with Crippen LogP contribution in [0.5, 0.6) is 0 Å². The largest absolute Gasteiger partial charge is 0.330 e. The van der Waals surface area contributed by atoms with E-state index < -0.39 is 0 Å². The quantitative estimate of drug-likeness (QED) is 0.838. The van der Waals surface area contributed by atoms with E-state index in [9.17, 15) is 0 Å². The molecule has 0 bridgehead atoms. The Morgan fingerprint density at radius 1 is 1.35 bits per heavy atom. The van der Waals surface area contributed by atoms with Crippen molar-refractivity contribution in [3.8, 4) is 0 Å². The lowest BCUT2D eigenvalue weighted by atomic mass is 9.77. The predicted octanol–water partition coefficient (Wildman–Crippen LogP) is 0.710. The maximum absolute atomic E-state index is 5.51. The molecule has 0 saturated carbocycles. The normalized spacial score (nSPS) is 17.6. The molecular weight excluding hydrogens is 214 g/mol. The van der Waals surface area contributed by atoms with Gasteiger partial charge in [0.25, 0.3) is 0 Å². The molecule has 1 aromatic carbocycles. The molecule has 0 fully saturated rings. The van der Waals surface area contributed by atoms with Gasteiger partial charge in [0.2, 0.25) is 0 Å². The van der Waals surface area contributed by atoms with Gasteiger partial charge in [-0.3, -0.25) is 0 Å². The van der Waals surface area contributed by atoms with Crippen LogP contribution in [0.25, 0.3) is 0 Å². The van der Waals surface area contributed by atoms with Crippen molar-refractivity contribution in [2.75, 3.05) is 6.54 Å². The minimum absolute atomic E-state index is 0.360. The smallest absolute Gasteiger partial charge is 0.159 e. The summed E-state index contributed by atoms with van der Waals surface area (Å²) < 4.78 is 1.88. The Hall–Kier alpha value is -1.75. The van der Waals surface area contributed by atoms with E-state index in [1.165, 1.54) is 11.1 Å². The Balaban J connectivity index is 1.85. The summed E-state index contributed by atoms with van der Waals surface area (Å²) in [6.07, 6.45) is 1.95. The molecule has 0 saturated heterocycles. The molecule has 1 aromatic heterocycles. The van der Waals surface area contributed by atoms with Gasteiger partial charge in [0.05, 0.1) is 5.92 Å². The zero-order valence-electron chi connectivity index (χ0n) is 9.58. The van der Waals surface area contributed by atoms with Gasteiger partial charge in [-0.15, -0.1) is 5.10 Å². The first kappa shape index (κ1) is 10.4. The van der Waals surface area contributed by atoms with E-state index in [1.807, 2.05) is 4.68 Å². The third-order valence-corrected chi connectivity index (χ3v) is 3.30. The number of hydrogen-bond donors (Lipinski definition) is 1. The summed E-state index contributed by atoms with van der Waals surface area (Å²) in [5.74, 6) is 1.33. The predicted molar refractivity (Wildman–Crippen MR) is 63.5 cm³/mol. The van der Waals surface area contributed by atoms with Crippen molar-refractivity contribution in [2.45, 2.75) is 25.3 Å². The van der Waals surface area contributed by atoms with Crippen molar-refractivity contribution in [2.24, 2.45) is 5.73 Å². The second-order valence-corrected chi connectivity index (χ2v) is 4.36. The molecule has 3 rings (SSSR count). The van der Waals surface area contributed by atoms with E-state index in [-0.39, 0.29) is 0 Å². The van der Waals surface area contributed by atoms with Gasteiger partial charge in [0.1, 0.15) is 0 Å². The number of aromatic nitrogens is 4. The molecule has 17 heavy (non-hydrogen) atoms. The van der Waals surface area contributed by atoms with E-state index >= 15 is 0 Å². The maximum atomic E-state index is 5.51.